The number of carbonyl (C=O) groups is 3. The van der Waals surface area contributed by atoms with Gasteiger partial charge in [-0.2, -0.15) is 0 Å². The molecule has 450 valence electrons. The monoisotopic (exact) mass is 1080 g/mol. The highest BCUT2D eigenvalue weighted by Gasteiger charge is 2.19. The molecule has 0 radical (unpaired) electrons. The van der Waals surface area contributed by atoms with Crippen LogP contribution in [0, 0.1) is 0 Å². The largest absolute Gasteiger partial charge is 0.462 e. The number of hydrogen-bond acceptors (Lipinski definition) is 6. The number of esters is 3. The van der Waals surface area contributed by atoms with E-state index in [9.17, 15) is 14.4 Å². The summed E-state index contributed by atoms with van der Waals surface area (Å²) in [5, 5.41) is 0. The van der Waals surface area contributed by atoms with Gasteiger partial charge < -0.3 is 14.2 Å². The SMILES string of the molecule is CCCCC/C=C\C/C=C\CCCCCCCCCCCC(=O)OC[C@H](COC(=O)CCCCCCCCCCCCCCCCCCCCCCC)OC(=O)CCCCCCCCCCC/C=C\C/C=C\CCCCC. The molecule has 0 fully saturated rings. The van der Waals surface area contributed by atoms with Crippen LogP contribution in [0.1, 0.15) is 367 Å². The van der Waals surface area contributed by atoms with Gasteiger partial charge in [-0.1, -0.05) is 313 Å². The smallest absolute Gasteiger partial charge is 0.306 e. The minimum atomic E-state index is -0.777. The molecule has 0 aromatic carbocycles. The van der Waals surface area contributed by atoms with Gasteiger partial charge in [-0.05, 0) is 83.5 Å². The normalized spacial score (nSPS) is 12.3. The quantitative estimate of drug-likeness (QED) is 0.0261. The highest BCUT2D eigenvalue weighted by atomic mass is 16.6. The minimum absolute atomic E-state index is 0.0719. The van der Waals surface area contributed by atoms with Gasteiger partial charge in [0.2, 0.25) is 0 Å². The molecule has 0 aliphatic carbocycles. The third-order valence-corrected chi connectivity index (χ3v) is 15.3. The van der Waals surface area contributed by atoms with Crippen LogP contribution in [-0.4, -0.2) is 37.2 Å². The van der Waals surface area contributed by atoms with Crippen molar-refractivity contribution in [2.45, 2.75) is 374 Å². The molecule has 0 aromatic heterocycles. The van der Waals surface area contributed by atoms with Crippen molar-refractivity contribution in [1.82, 2.24) is 0 Å². The van der Waals surface area contributed by atoms with Gasteiger partial charge in [-0.3, -0.25) is 14.4 Å². The van der Waals surface area contributed by atoms with E-state index in [0.29, 0.717) is 19.3 Å². The summed E-state index contributed by atoms with van der Waals surface area (Å²) >= 11 is 0. The summed E-state index contributed by atoms with van der Waals surface area (Å²) in [6.07, 6.45) is 82.6. The summed E-state index contributed by atoms with van der Waals surface area (Å²) in [5.74, 6) is -0.855. The van der Waals surface area contributed by atoms with Crippen molar-refractivity contribution in [2.75, 3.05) is 13.2 Å². The van der Waals surface area contributed by atoms with Crippen molar-refractivity contribution >= 4 is 17.9 Å². The maximum absolute atomic E-state index is 12.9. The second kappa shape index (κ2) is 65.9. The fourth-order valence-electron chi connectivity index (χ4n) is 10.2. The second-order valence-electron chi connectivity index (χ2n) is 23.1. The Hall–Kier alpha value is -2.63. The van der Waals surface area contributed by atoms with Crippen LogP contribution < -0.4 is 0 Å². The Morgan fingerprint density at radius 2 is 0.468 bits per heavy atom. The molecule has 0 unspecified atom stereocenters. The Kier molecular flexibility index (Phi) is 63.6. The average molecular weight is 1080 g/mol. The highest BCUT2D eigenvalue weighted by molar-refractivity contribution is 5.71. The third-order valence-electron chi connectivity index (χ3n) is 15.3. The Balaban J connectivity index is 4.33. The van der Waals surface area contributed by atoms with Crippen LogP contribution in [0.3, 0.4) is 0 Å². The molecule has 0 rings (SSSR count). The molecule has 6 heteroatoms. The molecular weight excluding hydrogens is 949 g/mol. The minimum Gasteiger partial charge on any atom is -0.462 e. The van der Waals surface area contributed by atoms with Crippen LogP contribution >= 0.6 is 0 Å². The summed E-state index contributed by atoms with van der Waals surface area (Å²) in [4.78, 5) is 38.4. The predicted octanol–water partition coefficient (Wildman–Crippen LogP) is 23.3. The molecule has 0 spiro atoms. The zero-order chi connectivity index (χ0) is 55.7. The summed E-state index contributed by atoms with van der Waals surface area (Å²) in [5.41, 5.74) is 0. The Morgan fingerprint density at radius 1 is 0.260 bits per heavy atom. The van der Waals surface area contributed by atoms with Gasteiger partial charge in [0.15, 0.2) is 6.10 Å². The molecule has 0 aliphatic rings. The van der Waals surface area contributed by atoms with Gasteiger partial charge in [0.1, 0.15) is 13.2 Å². The van der Waals surface area contributed by atoms with Crippen molar-refractivity contribution in [3.63, 3.8) is 0 Å². The van der Waals surface area contributed by atoms with Crippen molar-refractivity contribution in [2.24, 2.45) is 0 Å². The standard InChI is InChI=1S/C71H130O6/c1-4-7-10-13-16-19-22-25-28-31-34-35-38-40-43-46-49-52-55-58-61-64-70(73)76-67-68(77-71(74)65-62-59-56-53-50-47-44-41-37-33-30-27-24-21-18-15-12-9-6-3)66-75-69(72)63-60-57-54-51-48-45-42-39-36-32-29-26-23-20-17-14-11-8-5-2/h17-18,20-21,26-27,29-30,68H,4-16,19,22-25,28,31-67H2,1-3H3/b20-17-,21-18-,29-26-,30-27-/t68-/m1/s1. The molecule has 0 N–H and O–H groups in total. The molecule has 0 heterocycles. The molecule has 0 saturated heterocycles. The van der Waals surface area contributed by atoms with Gasteiger partial charge in [-0.25, -0.2) is 0 Å². The lowest BCUT2D eigenvalue weighted by atomic mass is 10.0. The van der Waals surface area contributed by atoms with Crippen molar-refractivity contribution < 1.29 is 28.6 Å². The van der Waals surface area contributed by atoms with E-state index in [0.717, 1.165) is 70.6 Å². The zero-order valence-electron chi connectivity index (χ0n) is 51.7. The maximum atomic E-state index is 12.9. The van der Waals surface area contributed by atoms with E-state index in [4.69, 9.17) is 14.2 Å². The summed E-state index contributed by atoms with van der Waals surface area (Å²) in [6, 6.07) is 0. The van der Waals surface area contributed by atoms with Crippen molar-refractivity contribution in [1.29, 1.82) is 0 Å². The topological polar surface area (TPSA) is 78.9 Å². The van der Waals surface area contributed by atoms with E-state index in [2.05, 4.69) is 69.4 Å². The first kappa shape index (κ1) is 74.4. The predicted molar refractivity (Wildman–Crippen MR) is 335 cm³/mol. The van der Waals surface area contributed by atoms with Gasteiger partial charge in [0.25, 0.3) is 0 Å². The van der Waals surface area contributed by atoms with Crippen LogP contribution in [0.25, 0.3) is 0 Å². The molecule has 0 bridgehead atoms. The third kappa shape index (κ3) is 64.1. The number of unbranched alkanes of at least 4 members (excludes halogenated alkanes) is 44. The van der Waals surface area contributed by atoms with Crippen LogP contribution in [-0.2, 0) is 28.6 Å². The molecule has 0 saturated carbocycles. The second-order valence-corrected chi connectivity index (χ2v) is 23.1. The van der Waals surface area contributed by atoms with E-state index >= 15 is 0 Å². The summed E-state index contributed by atoms with van der Waals surface area (Å²) in [7, 11) is 0. The Labute approximate surface area is 479 Å². The Morgan fingerprint density at radius 3 is 0.740 bits per heavy atom. The van der Waals surface area contributed by atoms with Crippen LogP contribution in [0.4, 0.5) is 0 Å². The molecule has 77 heavy (non-hydrogen) atoms. The fourth-order valence-corrected chi connectivity index (χ4v) is 10.2. The maximum Gasteiger partial charge on any atom is 0.306 e. The van der Waals surface area contributed by atoms with Crippen LogP contribution in [0.5, 0.6) is 0 Å². The molecule has 0 aromatic rings. The average Bonchev–Trinajstić information content (AvgIpc) is 3.43. The molecular formula is C71H130O6. The number of rotatable bonds is 63. The van der Waals surface area contributed by atoms with Gasteiger partial charge in [-0.15, -0.1) is 0 Å². The van der Waals surface area contributed by atoms with E-state index in [1.807, 2.05) is 0 Å². The number of ether oxygens (including phenoxy) is 3. The van der Waals surface area contributed by atoms with E-state index < -0.39 is 6.10 Å². The molecule has 1 atom stereocenters. The molecule has 0 amide bonds. The lowest BCUT2D eigenvalue weighted by Gasteiger charge is -2.18. The van der Waals surface area contributed by atoms with E-state index in [-0.39, 0.29) is 31.1 Å². The number of carbonyl (C=O) groups excluding carboxylic acids is 3. The van der Waals surface area contributed by atoms with Crippen molar-refractivity contribution in [3.05, 3.63) is 48.6 Å². The molecule has 0 aliphatic heterocycles. The fraction of sp³-hybridized carbons (Fsp3) is 0.845. The zero-order valence-corrected chi connectivity index (χ0v) is 51.7. The molecule has 6 nitrogen and oxygen atoms in total. The first-order valence-corrected chi connectivity index (χ1v) is 34.1. The number of allylic oxidation sites excluding steroid dienone is 8. The van der Waals surface area contributed by atoms with E-state index in [1.165, 1.54) is 257 Å². The lowest BCUT2D eigenvalue weighted by Crippen LogP contribution is -2.30. The first-order chi connectivity index (χ1) is 38.0. The first-order valence-electron chi connectivity index (χ1n) is 34.1. The van der Waals surface area contributed by atoms with Crippen molar-refractivity contribution in [3.8, 4) is 0 Å². The van der Waals surface area contributed by atoms with Gasteiger partial charge >= 0.3 is 17.9 Å². The lowest BCUT2D eigenvalue weighted by molar-refractivity contribution is -0.167. The van der Waals surface area contributed by atoms with Crippen LogP contribution in [0.2, 0.25) is 0 Å². The summed E-state index contributed by atoms with van der Waals surface area (Å²) in [6.45, 7) is 6.65. The van der Waals surface area contributed by atoms with E-state index in [1.54, 1.807) is 0 Å². The van der Waals surface area contributed by atoms with Gasteiger partial charge in [0.05, 0.1) is 0 Å². The van der Waals surface area contributed by atoms with Crippen LogP contribution in [0.15, 0.2) is 48.6 Å². The number of hydrogen-bond donors (Lipinski definition) is 0. The highest BCUT2D eigenvalue weighted by Crippen LogP contribution is 2.18. The van der Waals surface area contributed by atoms with Gasteiger partial charge in [0, 0.05) is 19.3 Å². The Bertz CT molecular complexity index is 1330. The summed E-state index contributed by atoms with van der Waals surface area (Å²) < 4.78 is 17.0.